The van der Waals surface area contributed by atoms with E-state index in [1.807, 2.05) is 6.92 Å². The summed E-state index contributed by atoms with van der Waals surface area (Å²) in [6, 6.07) is 4.86. The molecule has 9 nitrogen and oxygen atoms in total. The van der Waals surface area contributed by atoms with Crippen molar-refractivity contribution >= 4 is 29.5 Å². The molecule has 0 bridgehead atoms. The second-order valence-corrected chi connectivity index (χ2v) is 7.91. The Kier molecular flexibility index (Phi) is 7.91. The number of hydrogen-bond acceptors (Lipinski definition) is 7. The maximum absolute atomic E-state index is 12.7. The molecule has 30 heavy (non-hydrogen) atoms. The number of hydrogen-bond donors (Lipinski definition) is 1. The number of methoxy groups -OCH3 is 1. The summed E-state index contributed by atoms with van der Waals surface area (Å²) in [7, 11) is 1.30. The fourth-order valence-electron chi connectivity index (χ4n) is 2.78. The average Bonchev–Trinajstić information content (AvgIpc) is 2.66. The molecule has 0 saturated carbocycles. The van der Waals surface area contributed by atoms with Crippen LogP contribution >= 0.6 is 0 Å². The van der Waals surface area contributed by atoms with Crippen LogP contribution in [0.25, 0.3) is 0 Å². The second-order valence-electron chi connectivity index (χ2n) is 7.91. The van der Waals surface area contributed by atoms with Gasteiger partial charge >= 0.3 is 18.2 Å². The van der Waals surface area contributed by atoms with Crippen molar-refractivity contribution in [1.82, 2.24) is 0 Å². The van der Waals surface area contributed by atoms with Crippen LogP contribution in [-0.2, 0) is 19.0 Å². The summed E-state index contributed by atoms with van der Waals surface area (Å²) in [5, 5.41) is 2.64. The minimum atomic E-state index is -0.641. The number of nitrogens with zero attached hydrogens (tertiary/aromatic N) is 1. The summed E-state index contributed by atoms with van der Waals surface area (Å²) >= 11 is 0. The Bertz CT molecular complexity index is 773. The predicted molar refractivity (Wildman–Crippen MR) is 111 cm³/mol. The Morgan fingerprint density at radius 3 is 2.63 bits per heavy atom. The monoisotopic (exact) mass is 422 g/mol. The minimum absolute atomic E-state index is 0.00735. The lowest BCUT2D eigenvalue weighted by molar-refractivity contribution is -0.142. The molecule has 9 heteroatoms. The maximum Gasteiger partial charge on any atom is 0.414 e. The molecule has 1 aliphatic rings. The highest BCUT2D eigenvalue weighted by molar-refractivity contribution is 5.93. The lowest BCUT2D eigenvalue weighted by Gasteiger charge is -2.34. The van der Waals surface area contributed by atoms with Crippen molar-refractivity contribution in [3.63, 3.8) is 0 Å². The van der Waals surface area contributed by atoms with Crippen LogP contribution in [0.2, 0.25) is 0 Å². The van der Waals surface area contributed by atoms with E-state index in [9.17, 15) is 14.4 Å². The van der Waals surface area contributed by atoms with Crippen molar-refractivity contribution in [3.8, 4) is 5.75 Å². The topological polar surface area (TPSA) is 103 Å². The summed E-state index contributed by atoms with van der Waals surface area (Å²) < 4.78 is 21.2. The van der Waals surface area contributed by atoms with Crippen molar-refractivity contribution in [2.24, 2.45) is 0 Å². The van der Waals surface area contributed by atoms with Gasteiger partial charge in [0.25, 0.3) is 0 Å². The third-order valence-corrected chi connectivity index (χ3v) is 4.14. The van der Waals surface area contributed by atoms with Crippen LogP contribution in [0.4, 0.5) is 21.0 Å². The van der Waals surface area contributed by atoms with Crippen LogP contribution in [-0.4, -0.2) is 50.1 Å². The molecular formula is C21H30N2O7. The first-order valence-corrected chi connectivity index (χ1v) is 9.94. The van der Waals surface area contributed by atoms with Crippen LogP contribution < -0.4 is 15.0 Å². The van der Waals surface area contributed by atoms with Gasteiger partial charge in [0.05, 0.1) is 32.4 Å². The Balaban J connectivity index is 2.24. The molecule has 0 aliphatic carbocycles. The molecule has 2 amide bonds. The summed E-state index contributed by atoms with van der Waals surface area (Å²) in [5.41, 5.74) is 0.230. The van der Waals surface area contributed by atoms with E-state index in [-0.39, 0.29) is 13.0 Å². The van der Waals surface area contributed by atoms with Gasteiger partial charge in [-0.3, -0.25) is 15.0 Å². The number of carbonyl (C=O) groups is 3. The molecule has 1 aromatic carbocycles. The van der Waals surface area contributed by atoms with Gasteiger partial charge in [0.1, 0.15) is 17.5 Å². The van der Waals surface area contributed by atoms with Gasteiger partial charge in [-0.25, -0.2) is 9.59 Å². The van der Waals surface area contributed by atoms with Crippen molar-refractivity contribution in [2.45, 2.75) is 58.7 Å². The number of unbranched alkanes of at least 4 members (excludes halogenated alkanes) is 1. The van der Waals surface area contributed by atoms with Crippen LogP contribution in [0.1, 0.15) is 47.0 Å². The number of esters is 1. The predicted octanol–water partition coefficient (Wildman–Crippen LogP) is 4.10. The van der Waals surface area contributed by atoms with E-state index in [2.05, 4.69) is 5.32 Å². The van der Waals surface area contributed by atoms with Crippen molar-refractivity contribution < 1.29 is 33.3 Å². The molecule has 1 heterocycles. The average molecular weight is 422 g/mol. The number of fused-ring (bicyclic) bond motifs is 1. The van der Waals surface area contributed by atoms with E-state index in [0.717, 1.165) is 12.8 Å². The van der Waals surface area contributed by atoms with Gasteiger partial charge in [-0.1, -0.05) is 13.3 Å². The molecule has 0 saturated heterocycles. The van der Waals surface area contributed by atoms with Gasteiger partial charge in [0.2, 0.25) is 0 Å². The highest BCUT2D eigenvalue weighted by atomic mass is 16.6. The summed E-state index contributed by atoms with van der Waals surface area (Å²) in [5.74, 6) is -0.0386. The largest absolute Gasteiger partial charge is 0.486 e. The Morgan fingerprint density at radius 1 is 1.27 bits per heavy atom. The number of ether oxygens (including phenoxy) is 4. The van der Waals surface area contributed by atoms with E-state index in [0.29, 0.717) is 23.7 Å². The summed E-state index contributed by atoms with van der Waals surface area (Å²) in [6.07, 6.45) is -0.103. The van der Waals surface area contributed by atoms with Gasteiger partial charge in [-0.2, -0.15) is 0 Å². The highest BCUT2D eigenvalue weighted by Gasteiger charge is 2.33. The fraction of sp³-hybridized carbons (Fsp3) is 0.571. The standard InChI is InChI=1S/C21H30N2O7/c1-6-7-10-28-20(26)23-13-15(12-18(24)27-5)29-17-9-8-14(11-16(17)23)22-19(25)30-21(2,3)4/h8-9,11,15H,6-7,10,12-13H2,1-5H3,(H,22,25)/t15-/m0/s1. The van der Waals surface area contributed by atoms with Gasteiger partial charge in [0, 0.05) is 5.69 Å². The lowest BCUT2D eigenvalue weighted by Crippen LogP contribution is -2.45. The number of benzene rings is 1. The third kappa shape index (κ3) is 6.82. The molecule has 1 aliphatic heterocycles. The minimum Gasteiger partial charge on any atom is -0.486 e. The number of carbonyl (C=O) groups excluding carboxylic acids is 3. The van der Waals surface area contributed by atoms with Gasteiger partial charge in [-0.05, 0) is 45.4 Å². The quantitative estimate of drug-likeness (QED) is 0.418. The maximum atomic E-state index is 12.7. The first kappa shape index (κ1) is 23.3. The number of anilines is 2. The SMILES string of the molecule is CCCCOC(=O)N1C[C@H](CC(=O)OC)Oc2ccc(NC(=O)OC(C)(C)C)cc21. The normalized spacial score (nSPS) is 15.5. The Morgan fingerprint density at radius 2 is 2.00 bits per heavy atom. The van der Waals surface area contributed by atoms with Crippen molar-refractivity contribution in [3.05, 3.63) is 18.2 Å². The zero-order chi connectivity index (χ0) is 22.3. The first-order valence-electron chi connectivity index (χ1n) is 9.94. The van der Waals surface area contributed by atoms with Gasteiger partial charge in [0.15, 0.2) is 0 Å². The molecule has 1 atom stereocenters. The molecule has 0 unspecified atom stereocenters. The van der Waals surface area contributed by atoms with Gasteiger partial charge in [-0.15, -0.1) is 0 Å². The van der Waals surface area contributed by atoms with E-state index in [1.165, 1.54) is 12.0 Å². The number of nitrogens with one attached hydrogen (secondary N) is 1. The van der Waals surface area contributed by atoms with Crippen molar-refractivity contribution in [2.75, 3.05) is 30.5 Å². The molecule has 0 radical (unpaired) electrons. The third-order valence-electron chi connectivity index (χ3n) is 4.14. The van der Waals surface area contributed by atoms with E-state index in [1.54, 1.807) is 39.0 Å². The Labute approximate surface area is 176 Å². The smallest absolute Gasteiger partial charge is 0.414 e. The van der Waals surface area contributed by atoms with Crippen LogP contribution in [0.5, 0.6) is 5.75 Å². The lowest BCUT2D eigenvalue weighted by atomic mass is 10.1. The number of rotatable bonds is 6. The van der Waals surface area contributed by atoms with E-state index in [4.69, 9.17) is 18.9 Å². The molecule has 166 valence electrons. The van der Waals surface area contributed by atoms with Crippen LogP contribution in [0, 0.1) is 0 Å². The molecule has 1 N–H and O–H groups in total. The molecule has 0 spiro atoms. The molecule has 0 fully saturated rings. The van der Waals surface area contributed by atoms with Crippen LogP contribution in [0.3, 0.4) is 0 Å². The van der Waals surface area contributed by atoms with Gasteiger partial charge < -0.3 is 18.9 Å². The zero-order valence-electron chi connectivity index (χ0n) is 18.1. The summed E-state index contributed by atoms with van der Waals surface area (Å²) in [6.45, 7) is 7.70. The van der Waals surface area contributed by atoms with Crippen LogP contribution in [0.15, 0.2) is 18.2 Å². The van der Waals surface area contributed by atoms with E-state index < -0.39 is 29.9 Å². The Hall–Kier alpha value is -2.97. The second kappa shape index (κ2) is 10.2. The summed E-state index contributed by atoms with van der Waals surface area (Å²) in [4.78, 5) is 37.8. The molecule has 2 rings (SSSR count). The zero-order valence-corrected chi connectivity index (χ0v) is 18.1. The molecule has 1 aromatic rings. The fourth-order valence-corrected chi connectivity index (χ4v) is 2.78. The van der Waals surface area contributed by atoms with E-state index >= 15 is 0 Å². The molecular weight excluding hydrogens is 392 g/mol. The number of amides is 2. The molecule has 0 aromatic heterocycles. The van der Waals surface area contributed by atoms with Crippen molar-refractivity contribution in [1.29, 1.82) is 0 Å². The highest BCUT2D eigenvalue weighted by Crippen LogP contribution is 2.37. The first-order chi connectivity index (χ1) is 14.1.